The van der Waals surface area contributed by atoms with Crippen molar-refractivity contribution in [2.24, 2.45) is 0 Å². The number of carbonyl (C=O) groups excluding carboxylic acids is 2. The van der Waals surface area contributed by atoms with E-state index in [1.807, 2.05) is 0 Å². The fourth-order valence-electron chi connectivity index (χ4n) is 3.28. The van der Waals surface area contributed by atoms with E-state index in [4.69, 9.17) is 9.47 Å². The lowest BCUT2D eigenvalue weighted by Crippen LogP contribution is -2.43. The number of ether oxygens (including phenoxy) is 2. The van der Waals surface area contributed by atoms with E-state index < -0.39 is 39.9 Å². The van der Waals surface area contributed by atoms with Gasteiger partial charge in [0.05, 0.1) is 10.9 Å². The number of nitrogens with zero attached hydrogens (tertiary/aromatic N) is 3. The van der Waals surface area contributed by atoms with Gasteiger partial charge >= 0.3 is 12.2 Å². The second kappa shape index (κ2) is 10.1. The largest absolute Gasteiger partial charge is 0.447 e. The van der Waals surface area contributed by atoms with E-state index in [0.717, 1.165) is 4.57 Å². The summed E-state index contributed by atoms with van der Waals surface area (Å²) in [6.07, 6.45) is 3.15. The molecule has 2 atom stereocenters. The summed E-state index contributed by atoms with van der Waals surface area (Å²) >= 11 is 6.55. The maximum Gasteiger partial charge on any atom is 0.419 e. The first-order chi connectivity index (χ1) is 15.4. The van der Waals surface area contributed by atoms with Crippen molar-refractivity contribution in [3.05, 3.63) is 45.9 Å². The van der Waals surface area contributed by atoms with Crippen LogP contribution in [0.5, 0.6) is 0 Å². The highest BCUT2D eigenvalue weighted by Gasteiger charge is 2.40. The Labute approximate surface area is 208 Å². The minimum atomic E-state index is -3.90. The number of nitrogens with one attached hydrogen (secondary N) is 1. The van der Waals surface area contributed by atoms with Crippen LogP contribution < -0.4 is 4.72 Å². The van der Waals surface area contributed by atoms with E-state index in [0.29, 0.717) is 8.95 Å². The molecule has 0 spiro atoms. The molecule has 0 unspecified atom stereocenters. The van der Waals surface area contributed by atoms with Crippen LogP contribution in [0.4, 0.5) is 9.59 Å². The van der Waals surface area contributed by atoms with Gasteiger partial charge in [-0.3, -0.25) is 0 Å². The molecule has 2 heterocycles. The predicted molar refractivity (Wildman–Crippen MR) is 126 cm³/mol. The van der Waals surface area contributed by atoms with Crippen molar-refractivity contribution >= 4 is 54.1 Å². The Morgan fingerprint density at radius 1 is 1.24 bits per heavy atom. The van der Waals surface area contributed by atoms with Gasteiger partial charge in [0.25, 0.3) is 0 Å². The van der Waals surface area contributed by atoms with Gasteiger partial charge in [0.2, 0.25) is 10.0 Å². The molecule has 0 aliphatic carbocycles. The summed E-state index contributed by atoms with van der Waals surface area (Å²) in [6.45, 7) is 5.14. The van der Waals surface area contributed by atoms with Crippen LogP contribution in [-0.4, -0.2) is 65.9 Å². The molecule has 1 amide bonds. The minimum absolute atomic E-state index is 0.0626. The molecule has 1 aromatic carbocycles. The molecule has 10 nitrogen and oxygen atoms in total. The van der Waals surface area contributed by atoms with Crippen molar-refractivity contribution in [1.82, 2.24) is 19.2 Å². The number of imidazole rings is 1. The van der Waals surface area contributed by atoms with Crippen LogP contribution in [0.25, 0.3) is 0 Å². The summed E-state index contributed by atoms with van der Waals surface area (Å²) in [5.74, 6) is 0. The standard InChI is InChI=1S/C20H24Br2N4O6S/c1-20(2,3)32-19(28)26-10-14(9-15(26)11-31-18(27)25-7-6-23-12-25)24-33(29,30)17-8-13(21)4-5-16(17)22/h4-8,12,14-15,24H,9-11H2,1-3H3/t14-,15-/m1/s1. The van der Waals surface area contributed by atoms with Gasteiger partial charge in [0.1, 0.15) is 18.5 Å². The number of benzene rings is 1. The Kier molecular flexibility index (Phi) is 7.87. The lowest BCUT2D eigenvalue weighted by Gasteiger charge is -2.28. The molecule has 3 rings (SSSR count). The Balaban J connectivity index is 1.76. The molecule has 1 N–H and O–H groups in total. The van der Waals surface area contributed by atoms with Crippen molar-refractivity contribution in [3.8, 4) is 0 Å². The van der Waals surface area contributed by atoms with Gasteiger partial charge in [-0.1, -0.05) is 15.9 Å². The van der Waals surface area contributed by atoms with Crippen LogP contribution >= 0.6 is 31.9 Å². The molecule has 1 saturated heterocycles. The lowest BCUT2D eigenvalue weighted by molar-refractivity contribution is 0.0158. The van der Waals surface area contributed by atoms with E-state index >= 15 is 0 Å². The Hall–Kier alpha value is -1.96. The van der Waals surface area contributed by atoms with Crippen LogP contribution in [0.1, 0.15) is 27.2 Å². The number of rotatable bonds is 5. The highest BCUT2D eigenvalue weighted by molar-refractivity contribution is 9.11. The second-order valence-electron chi connectivity index (χ2n) is 8.46. The Morgan fingerprint density at radius 3 is 2.61 bits per heavy atom. The number of carbonyl (C=O) groups is 2. The maximum absolute atomic E-state index is 13.0. The summed E-state index contributed by atoms with van der Waals surface area (Å²) in [5.41, 5.74) is -0.742. The first-order valence-electron chi connectivity index (χ1n) is 9.98. The summed E-state index contributed by atoms with van der Waals surface area (Å²) < 4.78 is 41.6. The van der Waals surface area contributed by atoms with Crippen LogP contribution in [0.15, 0.2) is 50.8 Å². The molecular formula is C20H24Br2N4O6S. The average Bonchev–Trinajstić information content (AvgIpc) is 3.36. The number of hydrogen-bond donors (Lipinski definition) is 1. The van der Waals surface area contributed by atoms with Gasteiger partial charge in [-0.15, -0.1) is 0 Å². The zero-order chi connectivity index (χ0) is 24.4. The smallest absolute Gasteiger partial charge is 0.419 e. The fraction of sp³-hybridized carbons (Fsp3) is 0.450. The molecule has 2 aromatic rings. The summed E-state index contributed by atoms with van der Waals surface area (Å²) in [5, 5.41) is 0. The number of halogens is 2. The Morgan fingerprint density at radius 2 is 1.97 bits per heavy atom. The van der Waals surface area contributed by atoms with E-state index in [9.17, 15) is 18.0 Å². The van der Waals surface area contributed by atoms with Crippen molar-refractivity contribution < 1.29 is 27.5 Å². The fourth-order valence-corrected chi connectivity index (χ4v) is 6.02. The van der Waals surface area contributed by atoms with Gasteiger partial charge in [0.15, 0.2) is 0 Å². The van der Waals surface area contributed by atoms with Gasteiger partial charge in [-0.2, -0.15) is 0 Å². The zero-order valence-corrected chi connectivity index (χ0v) is 22.2. The molecule has 1 aliphatic heterocycles. The monoisotopic (exact) mass is 606 g/mol. The molecule has 180 valence electrons. The zero-order valence-electron chi connectivity index (χ0n) is 18.2. The van der Waals surface area contributed by atoms with Gasteiger partial charge in [-0.05, 0) is 61.3 Å². The third-order valence-corrected chi connectivity index (χ3v) is 7.67. The minimum Gasteiger partial charge on any atom is -0.447 e. The molecule has 1 aliphatic rings. The quantitative estimate of drug-likeness (QED) is 0.550. The normalized spacial score (nSPS) is 18.9. The third-order valence-electron chi connectivity index (χ3n) is 4.66. The van der Waals surface area contributed by atoms with E-state index in [2.05, 4.69) is 41.6 Å². The van der Waals surface area contributed by atoms with Gasteiger partial charge in [0, 0.05) is 33.9 Å². The first kappa shape index (κ1) is 25.7. The average molecular weight is 608 g/mol. The van der Waals surface area contributed by atoms with Crippen molar-refractivity contribution in [1.29, 1.82) is 0 Å². The third kappa shape index (κ3) is 6.78. The molecular weight excluding hydrogens is 584 g/mol. The molecule has 33 heavy (non-hydrogen) atoms. The molecule has 0 saturated carbocycles. The SMILES string of the molecule is CC(C)(C)OC(=O)N1C[C@H](NS(=O)(=O)c2cc(Br)ccc2Br)C[C@@H]1COC(=O)n1ccnc1. The molecule has 0 radical (unpaired) electrons. The van der Waals surface area contributed by atoms with Crippen molar-refractivity contribution in [2.75, 3.05) is 13.2 Å². The maximum atomic E-state index is 13.0. The van der Waals surface area contributed by atoms with Gasteiger partial charge < -0.3 is 14.4 Å². The van der Waals surface area contributed by atoms with E-state index in [1.54, 1.807) is 32.9 Å². The number of hydrogen-bond acceptors (Lipinski definition) is 7. The lowest BCUT2D eigenvalue weighted by atomic mass is 10.2. The van der Waals surface area contributed by atoms with E-state index in [-0.39, 0.29) is 24.5 Å². The van der Waals surface area contributed by atoms with Crippen LogP contribution in [0, 0.1) is 0 Å². The highest BCUT2D eigenvalue weighted by Crippen LogP contribution is 2.28. The number of aromatic nitrogens is 2. The molecule has 1 fully saturated rings. The van der Waals surface area contributed by atoms with Gasteiger partial charge in [-0.25, -0.2) is 32.3 Å². The predicted octanol–water partition coefficient (Wildman–Crippen LogP) is 3.75. The highest BCUT2D eigenvalue weighted by atomic mass is 79.9. The first-order valence-corrected chi connectivity index (χ1v) is 13.0. The summed E-state index contributed by atoms with van der Waals surface area (Å²) in [7, 11) is -3.90. The number of sulfonamides is 1. The van der Waals surface area contributed by atoms with Crippen LogP contribution in [0.2, 0.25) is 0 Å². The second-order valence-corrected chi connectivity index (χ2v) is 11.9. The number of amides is 1. The summed E-state index contributed by atoms with van der Waals surface area (Å²) in [6, 6.07) is 3.64. The summed E-state index contributed by atoms with van der Waals surface area (Å²) in [4.78, 5) is 30.2. The topological polar surface area (TPSA) is 120 Å². The molecule has 1 aromatic heterocycles. The van der Waals surface area contributed by atoms with Crippen molar-refractivity contribution in [3.63, 3.8) is 0 Å². The number of likely N-dealkylation sites (tertiary alicyclic amines) is 1. The van der Waals surface area contributed by atoms with Crippen molar-refractivity contribution in [2.45, 2.75) is 49.8 Å². The molecule has 13 heteroatoms. The van der Waals surface area contributed by atoms with Crippen LogP contribution in [0.3, 0.4) is 0 Å². The van der Waals surface area contributed by atoms with E-state index in [1.165, 1.54) is 29.7 Å². The molecule has 0 bridgehead atoms. The Bertz CT molecular complexity index is 1120. The van der Waals surface area contributed by atoms with Crippen LogP contribution in [-0.2, 0) is 19.5 Å².